The van der Waals surface area contributed by atoms with Crippen molar-refractivity contribution in [2.24, 2.45) is 0 Å². The van der Waals surface area contributed by atoms with Crippen LogP contribution in [-0.4, -0.2) is 20.6 Å². The molecule has 7 nitrogen and oxygen atoms in total. The van der Waals surface area contributed by atoms with Gasteiger partial charge in [-0.25, -0.2) is 4.68 Å². The highest BCUT2D eigenvalue weighted by molar-refractivity contribution is 6.42. The summed E-state index contributed by atoms with van der Waals surface area (Å²) in [5.74, 6) is 0.211. The Morgan fingerprint density at radius 2 is 1.85 bits per heavy atom. The van der Waals surface area contributed by atoms with E-state index in [-0.39, 0.29) is 18.0 Å². The Bertz CT molecular complexity index is 1020. The Balaban J connectivity index is 1.80. The minimum atomic E-state index is -0.474. The number of amides is 1. The van der Waals surface area contributed by atoms with Crippen molar-refractivity contribution in [3.63, 3.8) is 0 Å². The number of hydrogen-bond donors (Lipinski definition) is 1. The molecule has 1 N–H and O–H groups in total. The predicted octanol–water partition coefficient (Wildman–Crippen LogP) is 4.58. The number of carbonyl (C=O) groups excluding carboxylic acids is 1. The molecule has 0 aliphatic rings. The standard InChI is InChI=1S/C18H14Cl2N4O3/c1-11-8-17(21-18(25)10-12-2-7-15(19)16(20)9-12)23(22-11)13-3-5-14(6-4-13)24(26)27/h2-9H,10H2,1H3,(H,21,25). The van der Waals surface area contributed by atoms with Crippen molar-refractivity contribution in [1.82, 2.24) is 9.78 Å². The number of halogens is 2. The van der Waals surface area contributed by atoms with Gasteiger partial charge in [-0.3, -0.25) is 14.9 Å². The molecule has 3 aromatic rings. The van der Waals surface area contributed by atoms with Gasteiger partial charge in [0.05, 0.1) is 32.8 Å². The van der Waals surface area contributed by atoms with Gasteiger partial charge in [-0.15, -0.1) is 0 Å². The molecule has 0 bridgehead atoms. The molecule has 0 saturated carbocycles. The fourth-order valence-electron chi connectivity index (χ4n) is 2.52. The van der Waals surface area contributed by atoms with Gasteiger partial charge in [-0.05, 0) is 36.8 Å². The van der Waals surface area contributed by atoms with Crippen LogP contribution in [0.15, 0.2) is 48.5 Å². The van der Waals surface area contributed by atoms with Crippen LogP contribution < -0.4 is 5.32 Å². The molecular weight excluding hydrogens is 391 g/mol. The molecule has 0 atom stereocenters. The Labute approximate surface area is 164 Å². The van der Waals surface area contributed by atoms with E-state index in [0.29, 0.717) is 27.2 Å². The van der Waals surface area contributed by atoms with Crippen molar-refractivity contribution < 1.29 is 9.72 Å². The smallest absolute Gasteiger partial charge is 0.269 e. The summed E-state index contributed by atoms with van der Waals surface area (Å²) in [6.07, 6.45) is 0.112. The lowest BCUT2D eigenvalue weighted by Crippen LogP contribution is -2.17. The molecule has 27 heavy (non-hydrogen) atoms. The van der Waals surface area contributed by atoms with E-state index in [4.69, 9.17) is 23.2 Å². The molecule has 0 radical (unpaired) electrons. The molecule has 0 aliphatic heterocycles. The van der Waals surface area contributed by atoms with Crippen LogP contribution in [0.3, 0.4) is 0 Å². The van der Waals surface area contributed by atoms with E-state index < -0.39 is 4.92 Å². The van der Waals surface area contributed by atoms with E-state index >= 15 is 0 Å². The molecule has 1 aromatic heterocycles. The second-order valence-corrected chi connectivity index (χ2v) is 6.64. The topological polar surface area (TPSA) is 90.1 Å². The zero-order valence-electron chi connectivity index (χ0n) is 14.1. The molecule has 0 saturated heterocycles. The predicted molar refractivity (Wildman–Crippen MR) is 104 cm³/mol. The summed E-state index contributed by atoms with van der Waals surface area (Å²) in [5.41, 5.74) is 1.99. The largest absolute Gasteiger partial charge is 0.310 e. The van der Waals surface area contributed by atoms with Crippen LogP contribution in [0.25, 0.3) is 5.69 Å². The number of carbonyl (C=O) groups is 1. The summed E-state index contributed by atoms with van der Waals surface area (Å²) in [7, 11) is 0. The second kappa shape index (κ2) is 7.77. The molecule has 9 heteroatoms. The number of anilines is 1. The van der Waals surface area contributed by atoms with Crippen LogP contribution in [0.4, 0.5) is 11.5 Å². The molecule has 0 fully saturated rings. The summed E-state index contributed by atoms with van der Waals surface area (Å²) in [5, 5.41) is 18.7. The number of rotatable bonds is 5. The molecule has 0 unspecified atom stereocenters. The van der Waals surface area contributed by atoms with Crippen molar-refractivity contribution in [1.29, 1.82) is 0 Å². The molecule has 2 aromatic carbocycles. The van der Waals surface area contributed by atoms with Gasteiger partial charge >= 0.3 is 0 Å². The lowest BCUT2D eigenvalue weighted by molar-refractivity contribution is -0.384. The Morgan fingerprint density at radius 1 is 1.15 bits per heavy atom. The van der Waals surface area contributed by atoms with Gasteiger partial charge < -0.3 is 5.32 Å². The third-order valence-electron chi connectivity index (χ3n) is 3.75. The third-order valence-corrected chi connectivity index (χ3v) is 4.49. The number of benzene rings is 2. The number of aryl methyl sites for hydroxylation is 1. The lowest BCUT2D eigenvalue weighted by Gasteiger charge is -2.09. The first-order valence-corrected chi connectivity index (χ1v) is 8.64. The van der Waals surface area contributed by atoms with Gasteiger partial charge in [0.2, 0.25) is 5.91 Å². The molecule has 0 aliphatic carbocycles. The van der Waals surface area contributed by atoms with E-state index in [2.05, 4.69) is 10.4 Å². The summed E-state index contributed by atoms with van der Waals surface area (Å²) < 4.78 is 1.52. The normalized spacial score (nSPS) is 10.6. The first-order chi connectivity index (χ1) is 12.8. The zero-order chi connectivity index (χ0) is 19.6. The molecule has 1 amide bonds. The summed E-state index contributed by atoms with van der Waals surface area (Å²) in [4.78, 5) is 22.7. The van der Waals surface area contributed by atoms with E-state index in [0.717, 1.165) is 5.56 Å². The average Bonchev–Trinajstić information content (AvgIpc) is 2.98. The van der Waals surface area contributed by atoms with E-state index in [1.807, 2.05) is 0 Å². The van der Waals surface area contributed by atoms with Gasteiger partial charge in [0.15, 0.2) is 0 Å². The number of aromatic nitrogens is 2. The molecule has 0 spiro atoms. The highest BCUT2D eigenvalue weighted by Gasteiger charge is 2.13. The van der Waals surface area contributed by atoms with Crippen molar-refractivity contribution in [2.75, 3.05) is 5.32 Å². The molecule has 138 valence electrons. The van der Waals surface area contributed by atoms with E-state index in [9.17, 15) is 14.9 Å². The van der Waals surface area contributed by atoms with Gasteiger partial charge in [0.1, 0.15) is 5.82 Å². The number of nitro groups is 1. The van der Waals surface area contributed by atoms with Crippen LogP contribution in [0, 0.1) is 17.0 Å². The van der Waals surface area contributed by atoms with Gasteiger partial charge in [0.25, 0.3) is 5.69 Å². The quantitative estimate of drug-likeness (QED) is 0.497. The summed E-state index contributed by atoms with van der Waals surface area (Å²) >= 11 is 11.9. The van der Waals surface area contributed by atoms with Gasteiger partial charge in [-0.2, -0.15) is 5.10 Å². The van der Waals surface area contributed by atoms with Crippen LogP contribution in [0.1, 0.15) is 11.3 Å². The van der Waals surface area contributed by atoms with Crippen LogP contribution in [0.2, 0.25) is 10.0 Å². The molecule has 3 rings (SSSR count). The maximum absolute atomic E-state index is 12.4. The number of non-ortho nitro benzene ring substituents is 1. The van der Waals surface area contributed by atoms with E-state index in [1.54, 1.807) is 43.3 Å². The van der Waals surface area contributed by atoms with Crippen LogP contribution >= 0.6 is 23.2 Å². The fraction of sp³-hybridized carbons (Fsp3) is 0.111. The SMILES string of the molecule is Cc1cc(NC(=O)Cc2ccc(Cl)c(Cl)c2)n(-c2ccc([N+](=O)[O-])cc2)n1. The number of hydrogen-bond acceptors (Lipinski definition) is 4. The van der Waals surface area contributed by atoms with Gasteiger partial charge in [-0.1, -0.05) is 29.3 Å². The van der Waals surface area contributed by atoms with Crippen molar-refractivity contribution >= 4 is 40.6 Å². The number of nitrogens with one attached hydrogen (secondary N) is 1. The summed E-state index contributed by atoms with van der Waals surface area (Å²) in [6, 6.07) is 12.6. The molecule has 1 heterocycles. The Morgan fingerprint density at radius 3 is 2.48 bits per heavy atom. The van der Waals surface area contributed by atoms with Crippen molar-refractivity contribution in [3.8, 4) is 5.69 Å². The Kier molecular flexibility index (Phi) is 5.43. The van der Waals surface area contributed by atoms with Gasteiger partial charge in [0, 0.05) is 18.2 Å². The highest BCUT2D eigenvalue weighted by atomic mass is 35.5. The maximum Gasteiger partial charge on any atom is 0.269 e. The fourth-order valence-corrected chi connectivity index (χ4v) is 2.84. The Hall–Kier alpha value is -2.90. The van der Waals surface area contributed by atoms with Crippen LogP contribution in [0.5, 0.6) is 0 Å². The second-order valence-electron chi connectivity index (χ2n) is 5.83. The molecular formula is C18H14Cl2N4O3. The minimum Gasteiger partial charge on any atom is -0.310 e. The highest BCUT2D eigenvalue weighted by Crippen LogP contribution is 2.24. The minimum absolute atomic E-state index is 0.0205. The van der Waals surface area contributed by atoms with Crippen molar-refractivity contribution in [3.05, 3.63) is 79.9 Å². The first-order valence-electron chi connectivity index (χ1n) is 7.89. The summed E-state index contributed by atoms with van der Waals surface area (Å²) in [6.45, 7) is 1.79. The lowest BCUT2D eigenvalue weighted by atomic mass is 10.1. The zero-order valence-corrected chi connectivity index (χ0v) is 15.7. The third kappa shape index (κ3) is 4.45. The first kappa shape index (κ1) is 18.9. The maximum atomic E-state index is 12.4. The van der Waals surface area contributed by atoms with Crippen molar-refractivity contribution in [2.45, 2.75) is 13.3 Å². The average molecular weight is 405 g/mol. The monoisotopic (exact) mass is 404 g/mol. The van der Waals surface area contributed by atoms with E-state index in [1.165, 1.54) is 16.8 Å². The number of nitro benzene ring substituents is 1. The number of nitrogens with zero attached hydrogens (tertiary/aromatic N) is 3. The van der Waals surface area contributed by atoms with Crippen LogP contribution in [-0.2, 0) is 11.2 Å².